The van der Waals surface area contributed by atoms with Crippen molar-refractivity contribution in [3.05, 3.63) is 0 Å². The summed E-state index contributed by atoms with van der Waals surface area (Å²) in [6.45, 7) is 7.17. The van der Waals surface area contributed by atoms with E-state index in [0.29, 0.717) is 18.5 Å². The van der Waals surface area contributed by atoms with E-state index in [0.717, 1.165) is 6.54 Å². The third kappa shape index (κ3) is 2.92. The van der Waals surface area contributed by atoms with E-state index in [4.69, 9.17) is 11.5 Å². The number of primary amides is 1. The van der Waals surface area contributed by atoms with E-state index in [1.54, 1.807) is 6.92 Å². The first kappa shape index (κ1) is 12.5. The molecule has 1 aliphatic rings. The summed E-state index contributed by atoms with van der Waals surface area (Å²) in [5, 5.41) is 0. The number of amides is 1. The second-order valence-corrected chi connectivity index (χ2v) is 5.06. The van der Waals surface area contributed by atoms with Crippen molar-refractivity contribution in [1.82, 2.24) is 4.90 Å². The van der Waals surface area contributed by atoms with Crippen molar-refractivity contribution >= 4 is 5.91 Å². The molecule has 0 radical (unpaired) electrons. The SMILES string of the molecule is CC1CCCN1C(C)CC(C)(N)C(N)=O. The predicted molar refractivity (Wildman–Crippen MR) is 61.3 cm³/mol. The highest BCUT2D eigenvalue weighted by Crippen LogP contribution is 2.23. The normalized spacial score (nSPS) is 28.7. The number of carbonyl (C=O) groups excluding carboxylic acids is 1. The van der Waals surface area contributed by atoms with Crippen molar-refractivity contribution in [1.29, 1.82) is 0 Å². The maximum Gasteiger partial charge on any atom is 0.237 e. The predicted octanol–water partition coefficient (Wildman–Crippen LogP) is 0.452. The van der Waals surface area contributed by atoms with Gasteiger partial charge in [0.05, 0.1) is 5.54 Å². The maximum atomic E-state index is 11.1. The van der Waals surface area contributed by atoms with Crippen molar-refractivity contribution in [2.75, 3.05) is 6.54 Å². The van der Waals surface area contributed by atoms with Gasteiger partial charge in [-0.3, -0.25) is 9.69 Å². The van der Waals surface area contributed by atoms with Gasteiger partial charge in [0.25, 0.3) is 0 Å². The highest BCUT2D eigenvalue weighted by Gasteiger charge is 2.33. The second kappa shape index (κ2) is 4.49. The van der Waals surface area contributed by atoms with Crippen molar-refractivity contribution in [3.8, 4) is 0 Å². The van der Waals surface area contributed by atoms with Crippen LogP contribution in [-0.4, -0.2) is 35.0 Å². The van der Waals surface area contributed by atoms with Crippen LogP contribution < -0.4 is 11.5 Å². The molecule has 0 bridgehead atoms. The van der Waals surface area contributed by atoms with E-state index < -0.39 is 11.4 Å². The van der Waals surface area contributed by atoms with E-state index >= 15 is 0 Å². The molecule has 1 heterocycles. The molecule has 0 aromatic carbocycles. The minimum absolute atomic E-state index is 0.324. The minimum atomic E-state index is -0.887. The van der Waals surface area contributed by atoms with Gasteiger partial charge in [0.15, 0.2) is 0 Å². The fraction of sp³-hybridized carbons (Fsp3) is 0.909. The van der Waals surface area contributed by atoms with Crippen LogP contribution in [0.5, 0.6) is 0 Å². The lowest BCUT2D eigenvalue weighted by atomic mass is 9.93. The van der Waals surface area contributed by atoms with Crippen molar-refractivity contribution in [2.45, 2.75) is 57.7 Å². The number of hydrogen-bond donors (Lipinski definition) is 2. The summed E-state index contributed by atoms with van der Waals surface area (Å²) in [6.07, 6.45) is 3.11. The van der Waals surface area contributed by atoms with Crippen LogP contribution in [0.4, 0.5) is 0 Å². The van der Waals surface area contributed by atoms with E-state index in [9.17, 15) is 4.79 Å². The van der Waals surface area contributed by atoms with Crippen LogP contribution in [0.1, 0.15) is 40.0 Å². The Morgan fingerprint density at radius 1 is 1.67 bits per heavy atom. The molecule has 0 aliphatic carbocycles. The average Bonchev–Trinajstić information content (AvgIpc) is 2.50. The van der Waals surface area contributed by atoms with Gasteiger partial charge >= 0.3 is 0 Å². The number of carbonyl (C=O) groups is 1. The highest BCUT2D eigenvalue weighted by molar-refractivity contribution is 5.83. The van der Waals surface area contributed by atoms with Crippen LogP contribution >= 0.6 is 0 Å². The molecule has 1 amide bonds. The van der Waals surface area contributed by atoms with Crippen molar-refractivity contribution in [3.63, 3.8) is 0 Å². The number of nitrogens with zero attached hydrogens (tertiary/aromatic N) is 1. The third-order valence-corrected chi connectivity index (χ3v) is 3.45. The Balaban J connectivity index is 2.54. The van der Waals surface area contributed by atoms with Crippen LogP contribution in [0.2, 0.25) is 0 Å². The Morgan fingerprint density at radius 2 is 2.27 bits per heavy atom. The standard InChI is InChI=1S/C11H23N3O/c1-8-5-4-6-14(8)9(2)7-11(3,13)10(12)15/h8-9H,4-7,13H2,1-3H3,(H2,12,15). The van der Waals surface area contributed by atoms with Gasteiger partial charge in [-0.1, -0.05) is 0 Å². The van der Waals surface area contributed by atoms with Gasteiger partial charge in [-0.15, -0.1) is 0 Å². The summed E-state index contributed by atoms with van der Waals surface area (Å²) in [5.74, 6) is -0.416. The van der Waals surface area contributed by atoms with Gasteiger partial charge in [-0.2, -0.15) is 0 Å². The van der Waals surface area contributed by atoms with Crippen LogP contribution in [0, 0.1) is 0 Å². The average molecular weight is 213 g/mol. The number of rotatable bonds is 4. The van der Waals surface area contributed by atoms with Gasteiger partial charge in [0.2, 0.25) is 5.91 Å². The smallest absolute Gasteiger partial charge is 0.237 e. The first-order valence-corrected chi connectivity index (χ1v) is 5.69. The molecule has 1 fully saturated rings. The molecule has 4 heteroatoms. The molecule has 15 heavy (non-hydrogen) atoms. The summed E-state index contributed by atoms with van der Waals surface area (Å²) >= 11 is 0. The van der Waals surface area contributed by atoms with Crippen LogP contribution in [0.25, 0.3) is 0 Å². The van der Waals surface area contributed by atoms with Crippen molar-refractivity contribution in [2.24, 2.45) is 11.5 Å². The van der Waals surface area contributed by atoms with E-state index in [1.165, 1.54) is 12.8 Å². The zero-order valence-corrected chi connectivity index (χ0v) is 9.99. The fourth-order valence-corrected chi connectivity index (χ4v) is 2.44. The minimum Gasteiger partial charge on any atom is -0.368 e. The van der Waals surface area contributed by atoms with Gasteiger partial charge in [0.1, 0.15) is 0 Å². The topological polar surface area (TPSA) is 72.3 Å². The Kier molecular flexibility index (Phi) is 3.73. The Hall–Kier alpha value is -0.610. The molecule has 0 aromatic rings. The Morgan fingerprint density at radius 3 is 2.67 bits per heavy atom. The molecule has 88 valence electrons. The lowest BCUT2D eigenvalue weighted by molar-refractivity contribution is -0.123. The van der Waals surface area contributed by atoms with Gasteiger partial charge in [0, 0.05) is 12.1 Å². The molecule has 1 rings (SSSR count). The Bertz CT molecular complexity index is 240. The van der Waals surface area contributed by atoms with Crippen LogP contribution in [0.15, 0.2) is 0 Å². The zero-order valence-electron chi connectivity index (χ0n) is 9.99. The lowest BCUT2D eigenvalue weighted by Gasteiger charge is -2.33. The van der Waals surface area contributed by atoms with E-state index in [2.05, 4.69) is 18.7 Å². The molecular weight excluding hydrogens is 190 g/mol. The highest BCUT2D eigenvalue weighted by atomic mass is 16.1. The Labute approximate surface area is 92.0 Å². The first-order valence-electron chi connectivity index (χ1n) is 5.69. The largest absolute Gasteiger partial charge is 0.368 e. The summed E-state index contributed by atoms with van der Waals surface area (Å²) in [7, 11) is 0. The summed E-state index contributed by atoms with van der Waals surface area (Å²) in [5.41, 5.74) is 10.3. The van der Waals surface area contributed by atoms with Crippen LogP contribution in [0.3, 0.4) is 0 Å². The summed E-state index contributed by atoms with van der Waals surface area (Å²) in [4.78, 5) is 13.5. The van der Waals surface area contributed by atoms with Crippen LogP contribution in [-0.2, 0) is 4.79 Å². The number of nitrogens with two attached hydrogens (primary N) is 2. The summed E-state index contributed by atoms with van der Waals surface area (Å²) < 4.78 is 0. The molecule has 4 N–H and O–H groups in total. The lowest BCUT2D eigenvalue weighted by Crippen LogP contribution is -2.53. The molecule has 0 aromatic heterocycles. The first-order chi connectivity index (χ1) is 6.84. The van der Waals surface area contributed by atoms with Gasteiger partial charge < -0.3 is 11.5 Å². The molecule has 1 saturated heterocycles. The fourth-order valence-electron chi connectivity index (χ4n) is 2.44. The molecule has 0 saturated carbocycles. The van der Waals surface area contributed by atoms with E-state index in [1.807, 2.05) is 0 Å². The number of hydrogen-bond acceptors (Lipinski definition) is 3. The third-order valence-electron chi connectivity index (χ3n) is 3.45. The maximum absolute atomic E-state index is 11.1. The molecular formula is C11H23N3O. The van der Waals surface area contributed by atoms with Gasteiger partial charge in [-0.05, 0) is 46.6 Å². The summed E-state index contributed by atoms with van der Waals surface area (Å²) in [6, 6.07) is 0.925. The van der Waals surface area contributed by atoms with Gasteiger partial charge in [-0.25, -0.2) is 0 Å². The van der Waals surface area contributed by atoms with Crippen molar-refractivity contribution < 1.29 is 4.79 Å². The van der Waals surface area contributed by atoms with E-state index in [-0.39, 0.29) is 0 Å². The zero-order chi connectivity index (χ0) is 11.6. The monoisotopic (exact) mass is 213 g/mol. The molecule has 1 aliphatic heterocycles. The quantitative estimate of drug-likeness (QED) is 0.712. The molecule has 4 nitrogen and oxygen atoms in total. The molecule has 3 unspecified atom stereocenters. The molecule has 0 spiro atoms. The molecule has 3 atom stereocenters. The second-order valence-electron chi connectivity index (χ2n) is 5.06. The number of likely N-dealkylation sites (tertiary alicyclic amines) is 1.